The van der Waals surface area contributed by atoms with E-state index in [9.17, 15) is 4.79 Å². The van der Waals surface area contributed by atoms with Gasteiger partial charge in [0.25, 0.3) is 0 Å². The first-order valence-corrected chi connectivity index (χ1v) is 8.29. The molecule has 0 N–H and O–H groups in total. The smallest absolute Gasteiger partial charge is 0.184 e. The molecule has 20 heavy (non-hydrogen) atoms. The van der Waals surface area contributed by atoms with Crippen molar-refractivity contribution in [2.75, 3.05) is 0 Å². The summed E-state index contributed by atoms with van der Waals surface area (Å²) in [6, 6.07) is 10.0. The number of ketones is 1. The van der Waals surface area contributed by atoms with E-state index in [1.165, 1.54) is 12.8 Å². The lowest BCUT2D eigenvalue weighted by atomic mass is 9.91. The molecule has 2 unspecified atom stereocenters. The molecule has 2 aliphatic rings. The number of carbonyl (C=O) groups is 1. The highest BCUT2D eigenvalue weighted by atomic mass is 32.2. The number of carbonyl (C=O) groups excluding carboxylic acids is 1. The summed E-state index contributed by atoms with van der Waals surface area (Å²) in [5.74, 6) is 0.450. The maximum absolute atomic E-state index is 12.9. The molecule has 4 rings (SSSR count). The van der Waals surface area contributed by atoms with E-state index >= 15 is 0 Å². The lowest BCUT2D eigenvalue weighted by Gasteiger charge is -2.26. The van der Waals surface area contributed by atoms with Crippen LogP contribution >= 0.6 is 11.8 Å². The number of aromatic nitrogens is 1. The van der Waals surface area contributed by atoms with E-state index in [1.54, 1.807) is 6.20 Å². The van der Waals surface area contributed by atoms with Crippen LogP contribution in [-0.2, 0) is 0 Å². The SMILES string of the molecule is O=C(c1nccc2ccccc12)C1CC2CCC(C1)S2. The highest BCUT2D eigenvalue weighted by molar-refractivity contribution is 8.00. The van der Waals surface area contributed by atoms with Crippen molar-refractivity contribution in [1.82, 2.24) is 4.98 Å². The highest BCUT2D eigenvalue weighted by Gasteiger charge is 2.38. The predicted molar refractivity (Wildman–Crippen MR) is 83.2 cm³/mol. The molecule has 2 nitrogen and oxygen atoms in total. The van der Waals surface area contributed by atoms with Crippen LogP contribution in [0.25, 0.3) is 10.8 Å². The second kappa shape index (κ2) is 4.88. The van der Waals surface area contributed by atoms with E-state index in [2.05, 4.69) is 16.7 Å². The van der Waals surface area contributed by atoms with Crippen LogP contribution in [0.5, 0.6) is 0 Å². The number of hydrogen-bond donors (Lipinski definition) is 0. The summed E-state index contributed by atoms with van der Waals surface area (Å²) in [5, 5.41) is 3.53. The molecule has 2 fully saturated rings. The van der Waals surface area contributed by atoms with Crippen molar-refractivity contribution >= 4 is 28.3 Å². The average Bonchev–Trinajstić information content (AvgIpc) is 2.84. The number of nitrogens with zero attached hydrogens (tertiary/aromatic N) is 1. The van der Waals surface area contributed by atoms with Gasteiger partial charge in [0.2, 0.25) is 0 Å². The van der Waals surface area contributed by atoms with Gasteiger partial charge in [0.05, 0.1) is 0 Å². The number of thioether (sulfide) groups is 1. The number of hydrogen-bond acceptors (Lipinski definition) is 3. The Hall–Kier alpha value is -1.35. The van der Waals surface area contributed by atoms with Gasteiger partial charge in [-0.3, -0.25) is 9.78 Å². The Morgan fingerprint density at radius 2 is 1.85 bits per heavy atom. The average molecular weight is 283 g/mol. The Kier molecular flexibility index (Phi) is 3.03. The molecule has 1 aromatic carbocycles. The van der Waals surface area contributed by atoms with Gasteiger partial charge in [-0.1, -0.05) is 24.3 Å². The molecule has 0 saturated carbocycles. The van der Waals surface area contributed by atoms with Crippen molar-refractivity contribution < 1.29 is 4.79 Å². The molecule has 102 valence electrons. The normalized spacial score (nSPS) is 28.7. The molecule has 2 aliphatic heterocycles. The summed E-state index contributed by atoms with van der Waals surface area (Å²) in [6.45, 7) is 0. The van der Waals surface area contributed by atoms with Gasteiger partial charge >= 0.3 is 0 Å². The monoisotopic (exact) mass is 283 g/mol. The van der Waals surface area contributed by atoms with Crippen molar-refractivity contribution in [2.45, 2.75) is 36.2 Å². The van der Waals surface area contributed by atoms with Crippen molar-refractivity contribution in [3.63, 3.8) is 0 Å². The molecule has 2 aromatic rings. The molecule has 1 aromatic heterocycles. The standard InChI is InChI=1S/C17H17NOS/c19-17(12-9-13-5-6-14(10-12)20-13)16-15-4-2-1-3-11(15)7-8-18-16/h1-4,7-8,12-14H,5-6,9-10H2. The molecule has 2 bridgehead atoms. The van der Waals surface area contributed by atoms with Crippen molar-refractivity contribution in [2.24, 2.45) is 5.92 Å². The predicted octanol–water partition coefficient (Wildman–Crippen LogP) is 4.09. The van der Waals surface area contributed by atoms with E-state index in [-0.39, 0.29) is 11.7 Å². The fourth-order valence-corrected chi connectivity index (χ4v) is 5.36. The van der Waals surface area contributed by atoms with Gasteiger partial charge < -0.3 is 0 Å². The van der Waals surface area contributed by atoms with Crippen LogP contribution in [0.15, 0.2) is 36.5 Å². The number of pyridine rings is 1. The summed E-state index contributed by atoms with van der Waals surface area (Å²) < 4.78 is 0. The summed E-state index contributed by atoms with van der Waals surface area (Å²) in [7, 11) is 0. The Bertz CT molecular complexity index is 652. The summed E-state index contributed by atoms with van der Waals surface area (Å²) >= 11 is 2.10. The maximum atomic E-state index is 12.9. The van der Waals surface area contributed by atoms with Crippen molar-refractivity contribution in [3.05, 3.63) is 42.2 Å². The fourth-order valence-electron chi connectivity index (χ4n) is 3.58. The van der Waals surface area contributed by atoms with E-state index in [1.807, 2.05) is 30.3 Å². The van der Waals surface area contributed by atoms with E-state index in [4.69, 9.17) is 0 Å². The molecule has 3 heterocycles. The van der Waals surface area contributed by atoms with Crippen LogP contribution < -0.4 is 0 Å². The van der Waals surface area contributed by atoms with Gasteiger partial charge in [0, 0.05) is 28.0 Å². The van der Waals surface area contributed by atoms with Crippen LogP contribution in [0.4, 0.5) is 0 Å². The molecule has 2 saturated heterocycles. The first-order chi connectivity index (χ1) is 9.81. The molecule has 0 radical (unpaired) electrons. The van der Waals surface area contributed by atoms with Crippen LogP contribution in [0.1, 0.15) is 36.2 Å². The van der Waals surface area contributed by atoms with Gasteiger partial charge in [-0.2, -0.15) is 11.8 Å². The fraction of sp³-hybridized carbons (Fsp3) is 0.412. The minimum Gasteiger partial charge on any atom is -0.292 e. The largest absolute Gasteiger partial charge is 0.292 e. The summed E-state index contributed by atoms with van der Waals surface area (Å²) in [6.07, 6.45) is 6.45. The van der Waals surface area contributed by atoms with Crippen LogP contribution in [0.3, 0.4) is 0 Å². The quantitative estimate of drug-likeness (QED) is 0.777. The Labute approximate surface area is 123 Å². The zero-order valence-electron chi connectivity index (χ0n) is 11.3. The Balaban J connectivity index is 1.70. The molecule has 0 amide bonds. The number of fused-ring (bicyclic) bond motifs is 3. The van der Waals surface area contributed by atoms with Gasteiger partial charge in [-0.25, -0.2) is 0 Å². The number of Topliss-reactive ketones (excluding diaryl/α,β-unsaturated/α-hetero) is 1. The van der Waals surface area contributed by atoms with E-state index < -0.39 is 0 Å². The number of benzene rings is 1. The third-order valence-corrected chi connectivity index (χ3v) is 6.19. The third kappa shape index (κ3) is 2.05. The third-order valence-electron chi connectivity index (χ3n) is 4.57. The van der Waals surface area contributed by atoms with Crippen molar-refractivity contribution in [3.8, 4) is 0 Å². The molecular weight excluding hydrogens is 266 g/mol. The molecule has 2 atom stereocenters. The zero-order valence-corrected chi connectivity index (χ0v) is 12.1. The minimum absolute atomic E-state index is 0.187. The van der Waals surface area contributed by atoms with Crippen molar-refractivity contribution in [1.29, 1.82) is 0 Å². The Morgan fingerprint density at radius 1 is 1.10 bits per heavy atom. The van der Waals surface area contributed by atoms with Gasteiger partial charge in [-0.15, -0.1) is 0 Å². The molecule has 0 aliphatic carbocycles. The Morgan fingerprint density at radius 3 is 2.65 bits per heavy atom. The van der Waals surface area contributed by atoms with E-state index in [0.29, 0.717) is 16.2 Å². The first-order valence-electron chi connectivity index (χ1n) is 7.34. The maximum Gasteiger partial charge on any atom is 0.184 e. The number of rotatable bonds is 2. The van der Waals surface area contributed by atoms with Crippen LogP contribution in [0.2, 0.25) is 0 Å². The van der Waals surface area contributed by atoms with Crippen LogP contribution in [-0.4, -0.2) is 21.3 Å². The second-order valence-corrected chi connectivity index (χ2v) is 7.48. The molecule has 0 spiro atoms. The molecule has 3 heteroatoms. The van der Waals surface area contributed by atoms with Gasteiger partial charge in [-0.05, 0) is 37.1 Å². The summed E-state index contributed by atoms with van der Waals surface area (Å²) in [4.78, 5) is 17.3. The molecular formula is C17H17NOS. The van der Waals surface area contributed by atoms with Gasteiger partial charge in [0.15, 0.2) is 5.78 Å². The van der Waals surface area contributed by atoms with E-state index in [0.717, 1.165) is 23.6 Å². The zero-order chi connectivity index (χ0) is 13.5. The summed E-state index contributed by atoms with van der Waals surface area (Å²) in [5.41, 5.74) is 0.680. The van der Waals surface area contributed by atoms with Gasteiger partial charge in [0.1, 0.15) is 5.69 Å². The lowest BCUT2D eigenvalue weighted by molar-refractivity contribution is 0.0903. The minimum atomic E-state index is 0.187. The first kappa shape index (κ1) is 12.4. The highest BCUT2D eigenvalue weighted by Crippen LogP contribution is 2.46. The van der Waals surface area contributed by atoms with Crippen LogP contribution in [0, 0.1) is 5.92 Å². The lowest BCUT2D eigenvalue weighted by Crippen LogP contribution is -2.25. The topological polar surface area (TPSA) is 30.0 Å². The second-order valence-electron chi connectivity index (χ2n) is 5.87.